The van der Waals surface area contributed by atoms with Crippen molar-refractivity contribution in [3.8, 4) is 0 Å². The molecule has 0 amide bonds. The third-order valence-corrected chi connectivity index (χ3v) is 4.33. The van der Waals surface area contributed by atoms with E-state index < -0.39 is 0 Å². The molecule has 0 aliphatic rings. The van der Waals surface area contributed by atoms with Crippen LogP contribution in [-0.4, -0.2) is 18.0 Å². The summed E-state index contributed by atoms with van der Waals surface area (Å²) in [5.74, 6) is 0. The molecule has 0 heterocycles. The van der Waals surface area contributed by atoms with Gasteiger partial charge in [-0.1, -0.05) is 0 Å². The molecule has 0 atom stereocenters. The van der Waals surface area contributed by atoms with Gasteiger partial charge in [0, 0.05) is 0 Å². The molecule has 0 saturated heterocycles. The molecule has 0 saturated carbocycles. The van der Waals surface area contributed by atoms with Crippen molar-refractivity contribution in [3.05, 3.63) is 49.3 Å². The first-order chi connectivity index (χ1) is 8.31. The Morgan fingerprint density at radius 3 is 2.28 bits per heavy atom. The van der Waals surface area contributed by atoms with Crippen LogP contribution in [0.5, 0.6) is 0 Å². The summed E-state index contributed by atoms with van der Waals surface area (Å²) in [7, 11) is 1.84. The Labute approximate surface area is 118 Å². The second-order valence-electron chi connectivity index (χ2n) is 4.55. The van der Waals surface area contributed by atoms with E-state index in [1.54, 1.807) is 6.92 Å². The van der Waals surface area contributed by atoms with Crippen LogP contribution in [0.25, 0.3) is 0 Å². The molecule has 96 valence electrons. The molecule has 0 aromatic heterocycles. The van der Waals surface area contributed by atoms with Crippen molar-refractivity contribution in [3.63, 3.8) is 0 Å². The van der Waals surface area contributed by atoms with Gasteiger partial charge in [0.15, 0.2) is 0 Å². The number of likely N-dealkylation sites (N-methyl/N-ethyl adjacent to an activating group) is 1. The zero-order valence-electron chi connectivity index (χ0n) is 11.2. The third kappa shape index (κ3) is 2.67. The number of hydrogen-bond acceptors (Lipinski definition) is 3. The third-order valence-electron chi connectivity index (χ3n) is 3.06. The van der Waals surface area contributed by atoms with Crippen molar-refractivity contribution in [2.24, 2.45) is 0 Å². The summed E-state index contributed by atoms with van der Waals surface area (Å²) in [5.41, 5.74) is 3.66. The number of anilines is 1. The van der Waals surface area contributed by atoms with Gasteiger partial charge < -0.3 is 0 Å². The van der Waals surface area contributed by atoms with Crippen molar-refractivity contribution >= 4 is 10.1 Å². The van der Waals surface area contributed by atoms with E-state index in [2.05, 4.69) is 11.0 Å². The SMILES string of the molecule is C=C(C)C(CN(C)c1c(C)c(=O)c1=O)=C(C)[CH]=[W]. The molecule has 0 radical (unpaired) electrons. The molecule has 1 aromatic rings. The summed E-state index contributed by atoms with van der Waals surface area (Å²) in [4.78, 5) is 24.6. The van der Waals surface area contributed by atoms with Crippen molar-refractivity contribution < 1.29 is 19.4 Å². The maximum absolute atomic E-state index is 11.5. The Balaban J connectivity index is 3.05. The molecular weight excluding hydrogens is 398 g/mol. The van der Waals surface area contributed by atoms with E-state index in [4.69, 9.17) is 0 Å². The molecule has 1 aromatic carbocycles. The fraction of sp³-hybridized carbons (Fsp3) is 0.357. The van der Waals surface area contributed by atoms with Crippen molar-refractivity contribution in [1.82, 2.24) is 0 Å². The van der Waals surface area contributed by atoms with Gasteiger partial charge in [0.1, 0.15) is 0 Å². The average Bonchev–Trinajstić information content (AvgIpc) is 2.34. The Morgan fingerprint density at radius 1 is 1.33 bits per heavy atom. The quantitative estimate of drug-likeness (QED) is 0.537. The fourth-order valence-corrected chi connectivity index (χ4v) is 2.45. The Kier molecular flexibility index (Phi) is 4.75. The van der Waals surface area contributed by atoms with Gasteiger partial charge in [-0.25, -0.2) is 0 Å². The van der Waals surface area contributed by atoms with Gasteiger partial charge in [-0.15, -0.1) is 0 Å². The molecule has 0 aliphatic carbocycles. The molecule has 0 fully saturated rings. The van der Waals surface area contributed by atoms with Crippen LogP contribution in [0.15, 0.2) is 32.9 Å². The van der Waals surface area contributed by atoms with E-state index in [-0.39, 0.29) is 10.9 Å². The van der Waals surface area contributed by atoms with E-state index in [0.717, 1.165) is 11.1 Å². The maximum atomic E-state index is 11.5. The fourth-order valence-electron chi connectivity index (χ4n) is 1.94. The first kappa shape index (κ1) is 15.0. The second-order valence-corrected chi connectivity index (χ2v) is 5.39. The monoisotopic (exact) mass is 415 g/mol. The Morgan fingerprint density at radius 2 is 1.89 bits per heavy atom. The summed E-state index contributed by atoms with van der Waals surface area (Å²) in [6.07, 6.45) is 0. The topological polar surface area (TPSA) is 37.4 Å². The summed E-state index contributed by atoms with van der Waals surface area (Å²) < 4.78 is 2.10. The number of nitrogens with zero attached hydrogens (tertiary/aromatic N) is 1. The van der Waals surface area contributed by atoms with Crippen molar-refractivity contribution in [1.29, 1.82) is 0 Å². The second kappa shape index (κ2) is 5.71. The predicted octanol–water partition coefficient (Wildman–Crippen LogP) is 1.27. The summed E-state index contributed by atoms with van der Waals surface area (Å²) in [6, 6.07) is 0. The first-order valence-corrected chi connectivity index (χ1v) is 7.32. The van der Waals surface area contributed by atoms with Gasteiger partial charge in [-0.3, -0.25) is 0 Å². The molecule has 3 nitrogen and oxygen atoms in total. The molecule has 1 rings (SSSR count). The van der Waals surface area contributed by atoms with Gasteiger partial charge in [0.25, 0.3) is 0 Å². The van der Waals surface area contributed by atoms with Gasteiger partial charge in [0.2, 0.25) is 0 Å². The van der Waals surface area contributed by atoms with E-state index in [1.165, 1.54) is 24.9 Å². The van der Waals surface area contributed by atoms with Crippen molar-refractivity contribution in [2.45, 2.75) is 20.8 Å². The van der Waals surface area contributed by atoms with Gasteiger partial charge >= 0.3 is 118 Å². The molecule has 0 spiro atoms. The molecule has 0 bridgehead atoms. The van der Waals surface area contributed by atoms with E-state index in [9.17, 15) is 9.59 Å². The van der Waals surface area contributed by atoms with Crippen LogP contribution in [0.4, 0.5) is 5.69 Å². The molecule has 18 heavy (non-hydrogen) atoms. The standard InChI is InChI=1S/C14H17NO2.W/c1-8(2)11(9(3)4)7-15(6)12-10(5)13(16)14(12)17;/h1H,3,7H2,2,4-6H3;. The minimum atomic E-state index is -0.375. The number of hydrogen-bond donors (Lipinski definition) is 0. The molecular formula is C14H17NO2W. The van der Waals surface area contributed by atoms with E-state index >= 15 is 0 Å². The molecule has 0 aliphatic heterocycles. The van der Waals surface area contributed by atoms with Gasteiger partial charge in [0.05, 0.1) is 0 Å². The first-order valence-electron chi connectivity index (χ1n) is 5.63. The predicted molar refractivity (Wildman–Crippen MR) is 72.9 cm³/mol. The number of allylic oxidation sites excluding steroid dienone is 1. The van der Waals surface area contributed by atoms with Crippen LogP contribution in [0.1, 0.15) is 19.4 Å². The van der Waals surface area contributed by atoms with Crippen LogP contribution < -0.4 is 15.8 Å². The van der Waals surface area contributed by atoms with Crippen molar-refractivity contribution in [2.75, 3.05) is 18.5 Å². The summed E-state index contributed by atoms with van der Waals surface area (Å²) in [5, 5.41) is 0. The van der Waals surface area contributed by atoms with Crippen LogP contribution >= 0.6 is 0 Å². The van der Waals surface area contributed by atoms with Crippen LogP contribution in [-0.2, 0) is 19.4 Å². The molecule has 0 N–H and O–H groups in total. The van der Waals surface area contributed by atoms with E-state index in [0.29, 0.717) is 17.8 Å². The van der Waals surface area contributed by atoms with E-state index in [1.807, 2.05) is 25.8 Å². The Bertz CT molecular complexity index is 604. The zero-order chi connectivity index (χ0) is 14.0. The van der Waals surface area contributed by atoms with Crippen LogP contribution in [0.3, 0.4) is 0 Å². The number of rotatable bonds is 5. The minimum absolute atomic E-state index is 0.360. The van der Waals surface area contributed by atoms with Crippen LogP contribution in [0.2, 0.25) is 0 Å². The Hall–Kier alpha value is -1.08. The zero-order valence-corrected chi connectivity index (χ0v) is 14.1. The summed E-state index contributed by atoms with van der Waals surface area (Å²) in [6.45, 7) is 10.3. The molecule has 0 unspecified atom stereocenters. The normalized spacial score (nSPS) is 12.2. The summed E-state index contributed by atoms with van der Waals surface area (Å²) >= 11 is 1.38. The van der Waals surface area contributed by atoms with Crippen LogP contribution in [0, 0.1) is 6.92 Å². The van der Waals surface area contributed by atoms with Gasteiger partial charge in [-0.05, 0) is 0 Å². The van der Waals surface area contributed by atoms with Gasteiger partial charge in [-0.2, -0.15) is 0 Å². The average molecular weight is 415 g/mol. The molecule has 4 heteroatoms.